The summed E-state index contributed by atoms with van der Waals surface area (Å²) in [6.07, 6.45) is 8.40. The predicted molar refractivity (Wildman–Crippen MR) is 113 cm³/mol. The fourth-order valence-electron chi connectivity index (χ4n) is 6.55. The fourth-order valence-corrected chi connectivity index (χ4v) is 7.31. The van der Waals surface area contributed by atoms with E-state index in [0.717, 1.165) is 17.8 Å². The molecule has 1 N–H and O–H groups in total. The third kappa shape index (κ3) is 3.40. The summed E-state index contributed by atoms with van der Waals surface area (Å²) >= 11 is 1.65. The quantitative estimate of drug-likeness (QED) is 0.680. The molecule has 142 valence electrons. The molecule has 0 saturated heterocycles. The van der Waals surface area contributed by atoms with Gasteiger partial charge in [0.15, 0.2) is 0 Å². The molecule has 1 unspecified atom stereocenters. The zero-order chi connectivity index (χ0) is 18.4. The average molecular weight is 380 g/mol. The maximum atomic E-state index is 12.7. The summed E-state index contributed by atoms with van der Waals surface area (Å²) in [5, 5.41) is 5.88. The summed E-state index contributed by atoms with van der Waals surface area (Å²) < 4.78 is 0. The Morgan fingerprint density at radius 2 is 1.67 bits per heavy atom. The van der Waals surface area contributed by atoms with Gasteiger partial charge < -0.3 is 5.32 Å². The van der Waals surface area contributed by atoms with Crippen LogP contribution in [-0.4, -0.2) is 17.7 Å². The van der Waals surface area contributed by atoms with Crippen molar-refractivity contribution in [3.8, 4) is 0 Å². The van der Waals surface area contributed by atoms with E-state index in [1.165, 1.54) is 54.2 Å². The van der Waals surface area contributed by atoms with Gasteiger partial charge in [-0.2, -0.15) is 0 Å². The highest BCUT2D eigenvalue weighted by Gasteiger charge is 2.53. The van der Waals surface area contributed by atoms with Gasteiger partial charge in [0.1, 0.15) is 0 Å². The molecule has 2 nitrogen and oxygen atoms in total. The number of thioether (sulfide) groups is 1. The number of carbonyl (C=O) groups excluding carboxylic acids is 1. The molecule has 3 heteroatoms. The molecule has 4 saturated carbocycles. The van der Waals surface area contributed by atoms with Crippen molar-refractivity contribution in [3.63, 3.8) is 0 Å². The van der Waals surface area contributed by atoms with E-state index in [-0.39, 0.29) is 5.91 Å². The van der Waals surface area contributed by atoms with Crippen LogP contribution in [0.2, 0.25) is 0 Å². The zero-order valence-corrected chi connectivity index (χ0v) is 16.9. The molecule has 6 rings (SSSR count). The minimum atomic E-state index is 0.191. The Kier molecular flexibility index (Phi) is 4.46. The molecule has 0 aliphatic heterocycles. The van der Waals surface area contributed by atoms with Crippen molar-refractivity contribution in [2.24, 2.45) is 23.2 Å². The number of amides is 1. The number of benzene rings is 2. The van der Waals surface area contributed by atoms with Crippen LogP contribution in [0.15, 0.2) is 47.4 Å². The van der Waals surface area contributed by atoms with Crippen LogP contribution in [-0.2, 0) is 4.79 Å². The standard InChI is InChI=1S/C24H29NOS/c1-16(24-12-17-8-18(13-24)10-19(9-17)14-24)25-23(26)15-27-22-7-6-20-4-2-3-5-21(20)11-22/h2-7,11,16-19H,8-10,12-15H2,1H3,(H,25,26). The first-order chi connectivity index (χ1) is 13.1. The topological polar surface area (TPSA) is 29.1 Å². The van der Waals surface area contributed by atoms with Gasteiger partial charge in [-0.3, -0.25) is 4.79 Å². The van der Waals surface area contributed by atoms with Crippen molar-refractivity contribution in [1.82, 2.24) is 5.32 Å². The van der Waals surface area contributed by atoms with Crippen molar-refractivity contribution in [2.75, 3.05) is 5.75 Å². The SMILES string of the molecule is CC(NC(=O)CSc1ccc2ccccc2c1)C12CC3CC(CC(C3)C1)C2. The van der Waals surface area contributed by atoms with Gasteiger partial charge in [-0.1, -0.05) is 30.3 Å². The molecule has 1 amide bonds. The fraction of sp³-hybridized carbons (Fsp3) is 0.542. The van der Waals surface area contributed by atoms with Crippen LogP contribution in [0.5, 0.6) is 0 Å². The molecular weight excluding hydrogens is 350 g/mol. The Morgan fingerprint density at radius 3 is 2.33 bits per heavy atom. The third-order valence-corrected chi connectivity index (χ3v) is 8.47. The van der Waals surface area contributed by atoms with Crippen LogP contribution in [0.3, 0.4) is 0 Å². The van der Waals surface area contributed by atoms with Gasteiger partial charge >= 0.3 is 0 Å². The molecule has 4 fully saturated rings. The molecule has 2 aromatic carbocycles. The predicted octanol–water partition coefficient (Wildman–Crippen LogP) is 5.65. The van der Waals surface area contributed by atoms with Gasteiger partial charge in [0.2, 0.25) is 5.91 Å². The van der Waals surface area contributed by atoms with Crippen LogP contribution in [0.4, 0.5) is 0 Å². The van der Waals surface area contributed by atoms with Crippen LogP contribution in [0.25, 0.3) is 10.8 Å². The van der Waals surface area contributed by atoms with E-state index in [0.29, 0.717) is 17.2 Å². The van der Waals surface area contributed by atoms with Gasteiger partial charge in [-0.15, -0.1) is 11.8 Å². The minimum Gasteiger partial charge on any atom is -0.352 e. The lowest BCUT2D eigenvalue weighted by molar-refractivity contribution is -0.123. The molecule has 4 aliphatic carbocycles. The second-order valence-corrected chi connectivity index (χ2v) is 10.4. The van der Waals surface area contributed by atoms with E-state index in [1.807, 2.05) is 0 Å². The Bertz CT molecular complexity index is 825. The lowest BCUT2D eigenvalue weighted by Gasteiger charge is -2.59. The normalized spacial score (nSPS) is 32.6. The molecule has 4 bridgehead atoms. The molecule has 4 aliphatic rings. The van der Waals surface area contributed by atoms with Crippen molar-refractivity contribution >= 4 is 28.4 Å². The number of hydrogen-bond acceptors (Lipinski definition) is 2. The first-order valence-corrected chi connectivity index (χ1v) is 11.5. The number of rotatable bonds is 5. The first kappa shape index (κ1) is 17.6. The Hall–Kier alpha value is -1.48. The van der Waals surface area contributed by atoms with E-state index in [1.54, 1.807) is 11.8 Å². The van der Waals surface area contributed by atoms with Crippen LogP contribution < -0.4 is 5.32 Å². The largest absolute Gasteiger partial charge is 0.352 e. The van der Waals surface area contributed by atoms with Crippen molar-refractivity contribution in [3.05, 3.63) is 42.5 Å². The Balaban J connectivity index is 1.20. The first-order valence-electron chi connectivity index (χ1n) is 10.5. The van der Waals surface area contributed by atoms with E-state index >= 15 is 0 Å². The third-order valence-electron chi connectivity index (χ3n) is 7.47. The summed E-state index contributed by atoms with van der Waals surface area (Å²) in [6, 6.07) is 15.2. The highest BCUT2D eigenvalue weighted by Crippen LogP contribution is 2.61. The van der Waals surface area contributed by atoms with E-state index in [4.69, 9.17) is 0 Å². The zero-order valence-electron chi connectivity index (χ0n) is 16.1. The molecular formula is C24H29NOS. The second-order valence-electron chi connectivity index (χ2n) is 9.37. The van der Waals surface area contributed by atoms with Gasteiger partial charge in [0.25, 0.3) is 0 Å². The Morgan fingerprint density at radius 1 is 1.04 bits per heavy atom. The van der Waals surface area contributed by atoms with E-state index < -0.39 is 0 Å². The van der Waals surface area contributed by atoms with Crippen molar-refractivity contribution in [1.29, 1.82) is 0 Å². The number of carbonyl (C=O) groups is 1. The number of hydrogen-bond donors (Lipinski definition) is 1. The highest BCUT2D eigenvalue weighted by molar-refractivity contribution is 8.00. The lowest BCUT2D eigenvalue weighted by atomic mass is 9.48. The van der Waals surface area contributed by atoms with Crippen molar-refractivity contribution in [2.45, 2.75) is 56.4 Å². The maximum absolute atomic E-state index is 12.7. The summed E-state index contributed by atoms with van der Waals surface area (Å²) in [5.74, 6) is 3.50. The van der Waals surface area contributed by atoms with Gasteiger partial charge in [-0.25, -0.2) is 0 Å². The lowest BCUT2D eigenvalue weighted by Crippen LogP contribution is -2.56. The minimum absolute atomic E-state index is 0.191. The molecule has 27 heavy (non-hydrogen) atoms. The van der Waals surface area contributed by atoms with Crippen LogP contribution >= 0.6 is 11.8 Å². The molecule has 0 spiro atoms. The smallest absolute Gasteiger partial charge is 0.230 e. The summed E-state index contributed by atoms with van der Waals surface area (Å²) in [6.45, 7) is 2.27. The monoisotopic (exact) mass is 379 g/mol. The molecule has 1 atom stereocenters. The van der Waals surface area contributed by atoms with Crippen LogP contribution in [0.1, 0.15) is 45.4 Å². The molecule has 0 heterocycles. The number of fused-ring (bicyclic) bond motifs is 1. The highest BCUT2D eigenvalue weighted by atomic mass is 32.2. The van der Waals surface area contributed by atoms with Gasteiger partial charge in [0.05, 0.1) is 5.75 Å². The Labute approximate surface area is 166 Å². The molecule has 2 aromatic rings. The second kappa shape index (κ2) is 6.84. The van der Waals surface area contributed by atoms with E-state index in [9.17, 15) is 4.79 Å². The molecule has 0 aromatic heterocycles. The summed E-state index contributed by atoms with van der Waals surface area (Å²) in [4.78, 5) is 13.8. The van der Waals surface area contributed by atoms with Gasteiger partial charge in [-0.05, 0) is 91.5 Å². The summed E-state index contributed by atoms with van der Waals surface area (Å²) in [5.41, 5.74) is 0.387. The number of nitrogens with one attached hydrogen (secondary N) is 1. The van der Waals surface area contributed by atoms with Crippen LogP contribution in [0, 0.1) is 23.2 Å². The summed E-state index contributed by atoms with van der Waals surface area (Å²) in [7, 11) is 0. The van der Waals surface area contributed by atoms with Gasteiger partial charge in [0, 0.05) is 10.9 Å². The molecule has 0 radical (unpaired) electrons. The van der Waals surface area contributed by atoms with E-state index in [2.05, 4.69) is 54.7 Å². The van der Waals surface area contributed by atoms with Crippen molar-refractivity contribution < 1.29 is 4.79 Å². The maximum Gasteiger partial charge on any atom is 0.230 e. The average Bonchev–Trinajstić information content (AvgIpc) is 2.65.